The molecule has 1 saturated carbocycles. The predicted octanol–water partition coefficient (Wildman–Crippen LogP) is 1.57. The summed E-state index contributed by atoms with van der Waals surface area (Å²) in [7, 11) is 0. The Morgan fingerprint density at radius 2 is 1.90 bits per heavy atom. The van der Waals surface area contributed by atoms with Crippen LogP contribution in [-0.4, -0.2) is 12.7 Å². The van der Waals surface area contributed by atoms with E-state index in [1.54, 1.807) is 0 Å². The molecule has 0 aliphatic heterocycles. The topological polar surface area (TPSA) is 26.0 Å². The maximum absolute atomic E-state index is 11.6. The minimum absolute atomic E-state index is 0. The van der Waals surface area contributed by atoms with Crippen molar-refractivity contribution in [2.75, 3.05) is 6.54 Å². The summed E-state index contributed by atoms with van der Waals surface area (Å²) in [5.41, 5.74) is 5.02. The number of hydrogen-bond donors (Lipinski definition) is 1. The van der Waals surface area contributed by atoms with Crippen LogP contribution < -0.4 is 5.73 Å². The van der Waals surface area contributed by atoms with Crippen LogP contribution in [-0.2, 0) is 0 Å². The van der Waals surface area contributed by atoms with E-state index in [2.05, 4.69) is 0 Å². The van der Waals surface area contributed by atoms with Gasteiger partial charge in [-0.25, -0.2) is 0 Å². The van der Waals surface area contributed by atoms with Crippen molar-refractivity contribution in [2.24, 2.45) is 17.6 Å². The molecule has 62 valence electrons. The number of rotatable bonds is 1. The second-order valence-electron chi connectivity index (χ2n) is 2.38. The van der Waals surface area contributed by atoms with Crippen molar-refractivity contribution >= 4 is 12.4 Å². The fourth-order valence-corrected chi connectivity index (χ4v) is 0.909. The summed E-state index contributed by atoms with van der Waals surface area (Å²) in [6.45, 7) is 0.171. The molecule has 0 saturated heterocycles. The molecule has 1 aliphatic carbocycles. The minimum atomic E-state index is -4.00. The van der Waals surface area contributed by atoms with Gasteiger partial charge >= 0.3 is 6.18 Å². The molecular formula is C5H9ClF3N. The SMILES string of the molecule is Cl.NCC1CC1C(F)(F)F. The van der Waals surface area contributed by atoms with E-state index in [1.165, 1.54) is 0 Å². The van der Waals surface area contributed by atoms with Crippen LogP contribution in [0.25, 0.3) is 0 Å². The molecule has 2 N–H and O–H groups in total. The lowest BCUT2D eigenvalue weighted by Crippen LogP contribution is -2.15. The maximum atomic E-state index is 11.6. The third kappa shape index (κ3) is 2.02. The summed E-state index contributed by atoms with van der Waals surface area (Å²) in [4.78, 5) is 0. The summed E-state index contributed by atoms with van der Waals surface area (Å²) in [6.07, 6.45) is -3.76. The number of nitrogens with two attached hydrogens (primary N) is 1. The van der Waals surface area contributed by atoms with Crippen molar-refractivity contribution < 1.29 is 13.2 Å². The van der Waals surface area contributed by atoms with E-state index in [0.29, 0.717) is 0 Å². The second-order valence-corrected chi connectivity index (χ2v) is 2.38. The largest absolute Gasteiger partial charge is 0.392 e. The Hall–Kier alpha value is 0.0400. The highest BCUT2D eigenvalue weighted by atomic mass is 35.5. The fourth-order valence-electron chi connectivity index (χ4n) is 0.909. The van der Waals surface area contributed by atoms with Crippen LogP contribution in [0, 0.1) is 11.8 Å². The van der Waals surface area contributed by atoms with Gasteiger partial charge in [-0.15, -0.1) is 12.4 Å². The standard InChI is InChI=1S/C5H8F3N.ClH/c6-5(7,8)4-1-3(4)2-9;/h3-4H,1-2,9H2;1H. The zero-order valence-electron chi connectivity index (χ0n) is 5.19. The van der Waals surface area contributed by atoms with E-state index in [1.807, 2.05) is 0 Å². The van der Waals surface area contributed by atoms with Crippen molar-refractivity contribution in [1.29, 1.82) is 0 Å². The summed E-state index contributed by atoms with van der Waals surface area (Å²) in [6, 6.07) is 0. The van der Waals surface area contributed by atoms with Crippen LogP contribution in [0.5, 0.6) is 0 Å². The Labute approximate surface area is 63.2 Å². The van der Waals surface area contributed by atoms with Gasteiger partial charge in [0, 0.05) is 0 Å². The summed E-state index contributed by atoms with van der Waals surface area (Å²) >= 11 is 0. The number of halogens is 4. The van der Waals surface area contributed by atoms with Crippen LogP contribution in [0.1, 0.15) is 6.42 Å². The summed E-state index contributed by atoms with van der Waals surface area (Å²) in [5, 5.41) is 0. The monoisotopic (exact) mass is 175 g/mol. The van der Waals surface area contributed by atoms with E-state index in [-0.39, 0.29) is 31.3 Å². The van der Waals surface area contributed by atoms with Crippen LogP contribution in [0.4, 0.5) is 13.2 Å². The fraction of sp³-hybridized carbons (Fsp3) is 1.00. The van der Waals surface area contributed by atoms with Crippen LogP contribution in [0.2, 0.25) is 0 Å². The smallest absolute Gasteiger partial charge is 0.330 e. The third-order valence-corrected chi connectivity index (χ3v) is 1.65. The van der Waals surface area contributed by atoms with E-state index in [4.69, 9.17) is 5.73 Å². The van der Waals surface area contributed by atoms with Crippen molar-refractivity contribution in [3.8, 4) is 0 Å². The molecule has 0 heterocycles. The molecule has 0 radical (unpaired) electrons. The van der Waals surface area contributed by atoms with Crippen LogP contribution in [0.3, 0.4) is 0 Å². The lowest BCUT2D eigenvalue weighted by atomic mass is 10.3. The molecule has 0 bridgehead atoms. The average Bonchev–Trinajstić information content (AvgIpc) is 2.39. The predicted molar refractivity (Wildman–Crippen MR) is 34.0 cm³/mol. The molecule has 1 rings (SSSR count). The molecule has 5 heteroatoms. The van der Waals surface area contributed by atoms with Crippen molar-refractivity contribution in [2.45, 2.75) is 12.6 Å². The summed E-state index contributed by atoms with van der Waals surface area (Å²) < 4.78 is 34.9. The molecule has 2 atom stereocenters. The van der Waals surface area contributed by atoms with E-state index in [9.17, 15) is 13.2 Å². The Kier molecular flexibility index (Phi) is 2.98. The lowest BCUT2D eigenvalue weighted by molar-refractivity contribution is -0.150. The van der Waals surface area contributed by atoms with E-state index < -0.39 is 12.1 Å². The molecule has 0 aromatic heterocycles. The quantitative estimate of drug-likeness (QED) is 0.643. The molecule has 1 fully saturated rings. The maximum Gasteiger partial charge on any atom is 0.392 e. The highest BCUT2D eigenvalue weighted by Crippen LogP contribution is 2.49. The molecule has 1 nitrogen and oxygen atoms in total. The van der Waals surface area contributed by atoms with Gasteiger partial charge in [-0.05, 0) is 18.9 Å². The van der Waals surface area contributed by atoms with Crippen molar-refractivity contribution in [1.82, 2.24) is 0 Å². The Bertz CT molecular complexity index is 114. The van der Waals surface area contributed by atoms with Gasteiger partial charge in [0.25, 0.3) is 0 Å². The van der Waals surface area contributed by atoms with E-state index >= 15 is 0 Å². The van der Waals surface area contributed by atoms with Gasteiger partial charge in [0.15, 0.2) is 0 Å². The highest BCUT2D eigenvalue weighted by Gasteiger charge is 2.54. The normalized spacial score (nSPS) is 31.2. The Morgan fingerprint density at radius 1 is 1.40 bits per heavy atom. The molecular weight excluding hydrogens is 167 g/mol. The molecule has 0 amide bonds. The van der Waals surface area contributed by atoms with Crippen LogP contribution >= 0.6 is 12.4 Å². The summed E-state index contributed by atoms with van der Waals surface area (Å²) in [5.74, 6) is -1.38. The van der Waals surface area contributed by atoms with Crippen LogP contribution in [0.15, 0.2) is 0 Å². The minimum Gasteiger partial charge on any atom is -0.330 e. The molecule has 0 spiro atoms. The first-order valence-electron chi connectivity index (χ1n) is 2.82. The lowest BCUT2D eigenvalue weighted by Gasteiger charge is -2.02. The molecule has 0 aromatic rings. The van der Waals surface area contributed by atoms with Gasteiger partial charge < -0.3 is 5.73 Å². The molecule has 2 unspecified atom stereocenters. The van der Waals surface area contributed by atoms with Gasteiger partial charge in [-0.1, -0.05) is 0 Å². The number of hydrogen-bond acceptors (Lipinski definition) is 1. The van der Waals surface area contributed by atoms with Gasteiger partial charge in [-0.2, -0.15) is 13.2 Å². The zero-order valence-corrected chi connectivity index (χ0v) is 6.00. The van der Waals surface area contributed by atoms with E-state index in [0.717, 1.165) is 0 Å². The van der Waals surface area contributed by atoms with Crippen molar-refractivity contribution in [3.63, 3.8) is 0 Å². The van der Waals surface area contributed by atoms with Gasteiger partial charge in [0.1, 0.15) is 0 Å². The first kappa shape index (κ1) is 10.0. The van der Waals surface area contributed by atoms with Gasteiger partial charge in [-0.3, -0.25) is 0 Å². The van der Waals surface area contributed by atoms with Gasteiger partial charge in [0.2, 0.25) is 0 Å². The third-order valence-electron chi connectivity index (χ3n) is 1.65. The Balaban J connectivity index is 0.000000810. The first-order valence-corrected chi connectivity index (χ1v) is 2.82. The number of alkyl halides is 3. The van der Waals surface area contributed by atoms with Crippen molar-refractivity contribution in [3.05, 3.63) is 0 Å². The average molecular weight is 176 g/mol. The molecule has 1 aliphatic rings. The first-order chi connectivity index (χ1) is 4.05. The zero-order chi connectivity index (χ0) is 7.07. The molecule has 10 heavy (non-hydrogen) atoms. The highest BCUT2D eigenvalue weighted by molar-refractivity contribution is 5.85. The van der Waals surface area contributed by atoms with Gasteiger partial charge in [0.05, 0.1) is 5.92 Å². The Morgan fingerprint density at radius 3 is 2.00 bits per heavy atom. The second kappa shape index (κ2) is 2.96. The molecule has 0 aromatic carbocycles.